The summed E-state index contributed by atoms with van der Waals surface area (Å²) in [6.07, 6.45) is 4.65. The first kappa shape index (κ1) is 5.95. The second-order valence-corrected chi connectivity index (χ2v) is 1.05. The van der Waals surface area contributed by atoms with Gasteiger partial charge in [-0.05, 0) is 6.08 Å². The number of hydrogen-bond donors (Lipinski definition) is 2. The molecule has 0 aromatic carbocycles. The monoisotopic (exact) mass is 96.1 g/mol. The van der Waals surface area contributed by atoms with E-state index < -0.39 is 0 Å². The van der Waals surface area contributed by atoms with Crippen molar-refractivity contribution in [2.45, 2.75) is 0 Å². The van der Waals surface area contributed by atoms with Gasteiger partial charge in [-0.2, -0.15) is 0 Å². The van der Waals surface area contributed by atoms with Crippen molar-refractivity contribution in [3.05, 3.63) is 24.8 Å². The molecule has 0 spiro atoms. The van der Waals surface area contributed by atoms with Gasteiger partial charge in [0.05, 0.1) is 0 Å². The van der Waals surface area contributed by atoms with Crippen LogP contribution in [0.25, 0.3) is 0 Å². The third-order valence-electron chi connectivity index (χ3n) is 0.412. The molecule has 0 aromatic rings. The summed E-state index contributed by atoms with van der Waals surface area (Å²) in [7, 11) is 0. The van der Waals surface area contributed by atoms with Gasteiger partial charge in [-0.1, -0.05) is 18.7 Å². The van der Waals surface area contributed by atoms with Gasteiger partial charge in [-0.25, -0.2) is 0 Å². The Bertz CT molecular complexity index is 103. The first-order valence-corrected chi connectivity index (χ1v) is 1.90. The van der Waals surface area contributed by atoms with E-state index in [1.807, 2.05) is 0 Å². The van der Waals surface area contributed by atoms with Crippen LogP contribution in [0.15, 0.2) is 24.8 Å². The van der Waals surface area contributed by atoms with E-state index in [1.165, 1.54) is 6.08 Å². The number of hydrogen-bond acceptors (Lipinski definition) is 1. The molecule has 0 radical (unpaired) electrons. The average molecular weight is 96.1 g/mol. The topological polar surface area (TPSA) is 49.9 Å². The third-order valence-corrected chi connectivity index (χ3v) is 0.412. The van der Waals surface area contributed by atoms with Crippen molar-refractivity contribution >= 4 is 5.84 Å². The van der Waals surface area contributed by atoms with Gasteiger partial charge >= 0.3 is 0 Å². The van der Waals surface area contributed by atoms with Crippen LogP contribution in [-0.2, 0) is 0 Å². The molecule has 38 valence electrons. The van der Waals surface area contributed by atoms with Gasteiger partial charge in [0.1, 0.15) is 5.84 Å². The standard InChI is InChI=1S/C5H8N2/c1-2-3-4-5(6)7/h2-4H,1H2,(H3,6,7). The van der Waals surface area contributed by atoms with Crippen LogP contribution in [0.1, 0.15) is 0 Å². The normalized spacial score (nSPS) is 9.14. The third kappa shape index (κ3) is 4.95. The van der Waals surface area contributed by atoms with E-state index in [-0.39, 0.29) is 5.84 Å². The molecule has 0 atom stereocenters. The molecule has 0 aromatic heterocycles. The molecule has 0 fully saturated rings. The van der Waals surface area contributed by atoms with Crippen LogP contribution >= 0.6 is 0 Å². The Balaban J connectivity index is 3.46. The maximum absolute atomic E-state index is 6.64. The Morgan fingerprint density at radius 2 is 2.29 bits per heavy atom. The minimum absolute atomic E-state index is 0.0555. The summed E-state index contributed by atoms with van der Waals surface area (Å²) in [5.74, 6) is 0.0555. The van der Waals surface area contributed by atoms with E-state index in [0.29, 0.717) is 0 Å². The Kier molecular flexibility index (Phi) is 2.68. The Hall–Kier alpha value is -1.05. The van der Waals surface area contributed by atoms with Crippen molar-refractivity contribution in [1.29, 1.82) is 5.41 Å². The second kappa shape index (κ2) is 3.15. The zero-order valence-corrected chi connectivity index (χ0v) is 4.02. The number of allylic oxidation sites excluding steroid dienone is 2. The largest absolute Gasteiger partial charge is 0.384 e. The minimum atomic E-state index is 0.0555. The molecule has 0 saturated heterocycles. The Morgan fingerprint density at radius 3 is 2.43 bits per heavy atom. The highest BCUT2D eigenvalue weighted by Crippen LogP contribution is 1.68. The fourth-order valence-electron chi connectivity index (χ4n) is 0.172. The smallest absolute Gasteiger partial charge is 0.115 e. The van der Waals surface area contributed by atoms with Gasteiger partial charge < -0.3 is 5.73 Å². The molecular formula is C5H8N2. The van der Waals surface area contributed by atoms with E-state index in [4.69, 9.17) is 11.1 Å². The lowest BCUT2D eigenvalue weighted by molar-refractivity contribution is 1.47. The first-order valence-electron chi connectivity index (χ1n) is 1.90. The van der Waals surface area contributed by atoms with Crippen LogP contribution < -0.4 is 5.73 Å². The van der Waals surface area contributed by atoms with Crippen LogP contribution in [0.2, 0.25) is 0 Å². The van der Waals surface area contributed by atoms with E-state index in [0.717, 1.165) is 0 Å². The van der Waals surface area contributed by atoms with E-state index in [1.54, 1.807) is 12.2 Å². The highest BCUT2D eigenvalue weighted by molar-refractivity contribution is 5.88. The van der Waals surface area contributed by atoms with Crippen molar-refractivity contribution in [3.8, 4) is 0 Å². The molecule has 3 N–H and O–H groups in total. The number of nitrogens with two attached hydrogens (primary N) is 1. The van der Waals surface area contributed by atoms with Gasteiger partial charge in [-0.15, -0.1) is 0 Å². The summed E-state index contributed by atoms with van der Waals surface area (Å²) in [5.41, 5.74) is 4.93. The van der Waals surface area contributed by atoms with Crippen LogP contribution in [0, 0.1) is 5.41 Å². The lowest BCUT2D eigenvalue weighted by Gasteiger charge is -1.76. The zero-order valence-electron chi connectivity index (χ0n) is 4.02. The van der Waals surface area contributed by atoms with Crippen LogP contribution in [-0.4, -0.2) is 5.84 Å². The predicted octanol–water partition coefficient (Wildman–Crippen LogP) is 0.665. The van der Waals surface area contributed by atoms with Crippen molar-refractivity contribution in [1.82, 2.24) is 0 Å². The van der Waals surface area contributed by atoms with E-state index in [9.17, 15) is 0 Å². The predicted molar refractivity (Wildman–Crippen MR) is 31.3 cm³/mol. The summed E-state index contributed by atoms with van der Waals surface area (Å²) >= 11 is 0. The fraction of sp³-hybridized carbons (Fsp3) is 0. The average Bonchev–Trinajstić information content (AvgIpc) is 1.61. The van der Waals surface area contributed by atoms with Gasteiger partial charge in [0.25, 0.3) is 0 Å². The van der Waals surface area contributed by atoms with Crippen molar-refractivity contribution < 1.29 is 0 Å². The first-order chi connectivity index (χ1) is 3.27. The Morgan fingerprint density at radius 1 is 1.71 bits per heavy atom. The zero-order chi connectivity index (χ0) is 5.70. The maximum Gasteiger partial charge on any atom is 0.115 e. The summed E-state index contributed by atoms with van der Waals surface area (Å²) in [5, 5.41) is 6.64. The maximum atomic E-state index is 6.64. The molecule has 0 aliphatic carbocycles. The van der Waals surface area contributed by atoms with Crippen molar-refractivity contribution in [2.75, 3.05) is 0 Å². The highest BCUT2D eigenvalue weighted by atomic mass is 14.7. The molecule has 0 heterocycles. The summed E-state index contributed by atoms with van der Waals surface area (Å²) in [4.78, 5) is 0. The number of amidine groups is 1. The van der Waals surface area contributed by atoms with Crippen molar-refractivity contribution in [3.63, 3.8) is 0 Å². The molecule has 0 amide bonds. The highest BCUT2D eigenvalue weighted by Gasteiger charge is 1.68. The fourth-order valence-corrected chi connectivity index (χ4v) is 0.172. The second-order valence-electron chi connectivity index (χ2n) is 1.05. The van der Waals surface area contributed by atoms with Crippen molar-refractivity contribution in [2.24, 2.45) is 5.73 Å². The molecule has 0 aliphatic heterocycles. The van der Waals surface area contributed by atoms with Gasteiger partial charge in [0.2, 0.25) is 0 Å². The molecule has 0 bridgehead atoms. The lowest BCUT2D eigenvalue weighted by atomic mass is 10.5. The SMILES string of the molecule is C=CC=CC(=N)N. The van der Waals surface area contributed by atoms with Crippen LogP contribution in [0.4, 0.5) is 0 Å². The molecule has 7 heavy (non-hydrogen) atoms. The molecule has 2 heteroatoms. The molecular weight excluding hydrogens is 88.1 g/mol. The molecule has 0 unspecified atom stereocenters. The quantitative estimate of drug-likeness (QED) is 0.296. The molecule has 2 nitrogen and oxygen atoms in total. The number of rotatable bonds is 2. The lowest BCUT2D eigenvalue weighted by Crippen LogP contribution is -2.03. The van der Waals surface area contributed by atoms with Gasteiger partial charge in [0.15, 0.2) is 0 Å². The Labute approximate surface area is 42.8 Å². The van der Waals surface area contributed by atoms with Gasteiger partial charge in [0, 0.05) is 0 Å². The minimum Gasteiger partial charge on any atom is -0.384 e. The van der Waals surface area contributed by atoms with Gasteiger partial charge in [-0.3, -0.25) is 5.41 Å². The summed E-state index contributed by atoms with van der Waals surface area (Å²) in [6, 6.07) is 0. The summed E-state index contributed by atoms with van der Waals surface area (Å²) < 4.78 is 0. The molecule has 0 saturated carbocycles. The number of nitrogens with one attached hydrogen (secondary N) is 1. The molecule has 0 rings (SSSR count). The molecule has 0 aliphatic rings. The van der Waals surface area contributed by atoms with Crippen LogP contribution in [0.5, 0.6) is 0 Å². The van der Waals surface area contributed by atoms with E-state index >= 15 is 0 Å². The summed E-state index contributed by atoms with van der Waals surface area (Å²) in [6.45, 7) is 3.39. The van der Waals surface area contributed by atoms with E-state index in [2.05, 4.69) is 6.58 Å². The van der Waals surface area contributed by atoms with Crippen LogP contribution in [0.3, 0.4) is 0 Å².